The van der Waals surface area contributed by atoms with Crippen molar-refractivity contribution in [3.63, 3.8) is 0 Å². The summed E-state index contributed by atoms with van der Waals surface area (Å²) in [5.41, 5.74) is 0.839. The van der Waals surface area contributed by atoms with Crippen molar-refractivity contribution in [2.75, 3.05) is 0 Å². The number of hydrogen-bond acceptors (Lipinski definition) is 1. The summed E-state index contributed by atoms with van der Waals surface area (Å²) in [5, 5.41) is 0. The molecule has 1 atom stereocenters. The fraction of sp³-hybridized carbons (Fsp3) is 0.300. The Labute approximate surface area is 85.1 Å². The Hall–Kier alpha value is -0.700. The number of carbonyl (C=O) groups excluding carboxylic acids is 1. The van der Waals surface area contributed by atoms with Crippen LogP contribution in [-0.4, -0.2) is 12.0 Å². The predicted octanol–water partition coefficient (Wildman–Crippen LogP) is 2.92. The number of Topliss-reactive ketones (excluding diaryl/α,β-unsaturated/α-hetero) is 1. The number of ketones is 1. The van der Waals surface area contributed by atoms with E-state index in [1.165, 1.54) is 6.92 Å². The highest BCUT2D eigenvalue weighted by molar-refractivity contribution is 9.10. The van der Waals surface area contributed by atoms with Crippen LogP contribution < -0.4 is 0 Å². The minimum Gasteiger partial charge on any atom is -0.297 e. The average Bonchev–Trinajstić information content (AvgIpc) is 2.08. The molecule has 1 aromatic carbocycles. The van der Waals surface area contributed by atoms with Gasteiger partial charge in [0.1, 0.15) is 0 Å². The van der Waals surface area contributed by atoms with Gasteiger partial charge in [-0.25, -0.2) is 4.39 Å². The summed E-state index contributed by atoms with van der Waals surface area (Å²) in [4.78, 5) is 10.6. The molecule has 0 saturated heterocycles. The molecular formula is C10H10BrFO. The first-order valence-electron chi connectivity index (χ1n) is 3.98. The molecule has 1 nitrogen and oxygen atoms in total. The lowest BCUT2D eigenvalue weighted by atomic mass is 10.1. The number of benzene rings is 1. The Bertz CT molecular complexity index is 294. The SMILES string of the molecule is CC(=O)C(F)Cc1ccc(Br)cc1. The zero-order chi connectivity index (χ0) is 9.84. The average molecular weight is 245 g/mol. The maximum absolute atomic E-state index is 13.0. The van der Waals surface area contributed by atoms with E-state index < -0.39 is 12.0 Å². The van der Waals surface area contributed by atoms with E-state index in [9.17, 15) is 9.18 Å². The largest absolute Gasteiger partial charge is 0.297 e. The van der Waals surface area contributed by atoms with Crippen molar-refractivity contribution < 1.29 is 9.18 Å². The highest BCUT2D eigenvalue weighted by Crippen LogP contribution is 2.13. The molecule has 0 aliphatic carbocycles. The molecule has 1 unspecified atom stereocenters. The number of alkyl halides is 1. The Morgan fingerprint density at radius 3 is 2.46 bits per heavy atom. The monoisotopic (exact) mass is 244 g/mol. The van der Waals surface area contributed by atoms with Gasteiger partial charge in [0.2, 0.25) is 0 Å². The molecule has 0 aromatic heterocycles. The predicted molar refractivity (Wildman–Crippen MR) is 53.4 cm³/mol. The van der Waals surface area contributed by atoms with Crippen LogP contribution in [0, 0.1) is 0 Å². The van der Waals surface area contributed by atoms with E-state index in [0.29, 0.717) is 0 Å². The first-order chi connectivity index (χ1) is 6.09. The first-order valence-corrected chi connectivity index (χ1v) is 4.78. The van der Waals surface area contributed by atoms with E-state index in [0.717, 1.165) is 10.0 Å². The van der Waals surface area contributed by atoms with Crippen LogP contribution in [0.1, 0.15) is 12.5 Å². The van der Waals surface area contributed by atoms with E-state index in [1.54, 1.807) is 12.1 Å². The summed E-state index contributed by atoms with van der Waals surface area (Å²) in [6.45, 7) is 1.27. The number of halogens is 2. The maximum Gasteiger partial charge on any atom is 0.164 e. The Morgan fingerprint density at radius 1 is 1.46 bits per heavy atom. The highest BCUT2D eigenvalue weighted by atomic mass is 79.9. The van der Waals surface area contributed by atoms with Crippen LogP contribution in [0.3, 0.4) is 0 Å². The fourth-order valence-corrected chi connectivity index (χ4v) is 1.24. The molecule has 0 bridgehead atoms. The summed E-state index contributed by atoms with van der Waals surface area (Å²) in [5.74, 6) is -0.414. The van der Waals surface area contributed by atoms with Crippen LogP contribution in [0.5, 0.6) is 0 Å². The first kappa shape index (κ1) is 10.4. The van der Waals surface area contributed by atoms with E-state index in [2.05, 4.69) is 15.9 Å². The van der Waals surface area contributed by atoms with Gasteiger partial charge in [-0.2, -0.15) is 0 Å². The van der Waals surface area contributed by atoms with Crippen molar-refractivity contribution in [1.29, 1.82) is 0 Å². The van der Waals surface area contributed by atoms with Crippen molar-refractivity contribution in [2.24, 2.45) is 0 Å². The Morgan fingerprint density at radius 2 is 2.00 bits per heavy atom. The van der Waals surface area contributed by atoms with Gasteiger partial charge in [0, 0.05) is 10.9 Å². The Kier molecular flexibility index (Phi) is 3.60. The standard InChI is InChI=1S/C10H10BrFO/c1-7(13)10(12)6-8-2-4-9(11)5-3-8/h2-5,10H,6H2,1H3. The second kappa shape index (κ2) is 4.51. The van der Waals surface area contributed by atoms with Crippen LogP contribution in [0.2, 0.25) is 0 Å². The fourth-order valence-electron chi connectivity index (χ4n) is 0.971. The van der Waals surface area contributed by atoms with E-state index >= 15 is 0 Å². The minimum atomic E-state index is -1.37. The maximum atomic E-state index is 13.0. The van der Waals surface area contributed by atoms with Crippen LogP contribution in [0.4, 0.5) is 4.39 Å². The second-order valence-corrected chi connectivity index (χ2v) is 3.82. The van der Waals surface area contributed by atoms with Crippen LogP contribution in [0.25, 0.3) is 0 Å². The molecule has 0 N–H and O–H groups in total. The summed E-state index contributed by atoms with van der Waals surface area (Å²) in [7, 11) is 0. The molecule has 0 fully saturated rings. The van der Waals surface area contributed by atoms with Gasteiger partial charge < -0.3 is 0 Å². The third-order valence-electron chi connectivity index (χ3n) is 1.77. The van der Waals surface area contributed by atoms with Gasteiger partial charge in [0.15, 0.2) is 12.0 Å². The van der Waals surface area contributed by atoms with E-state index in [-0.39, 0.29) is 6.42 Å². The lowest BCUT2D eigenvalue weighted by Gasteiger charge is -2.03. The van der Waals surface area contributed by atoms with Crippen molar-refractivity contribution in [3.8, 4) is 0 Å². The van der Waals surface area contributed by atoms with Gasteiger partial charge in [-0.1, -0.05) is 28.1 Å². The summed E-state index contributed by atoms with van der Waals surface area (Å²) in [6.07, 6.45) is -1.20. The number of rotatable bonds is 3. The molecule has 0 aliphatic rings. The van der Waals surface area contributed by atoms with Crippen molar-refractivity contribution in [2.45, 2.75) is 19.5 Å². The molecule has 0 spiro atoms. The molecule has 1 aromatic rings. The van der Waals surface area contributed by atoms with E-state index in [4.69, 9.17) is 0 Å². The lowest BCUT2D eigenvalue weighted by molar-refractivity contribution is -0.121. The molecule has 0 amide bonds. The smallest absolute Gasteiger partial charge is 0.164 e. The van der Waals surface area contributed by atoms with Gasteiger partial charge in [-0.05, 0) is 24.6 Å². The van der Waals surface area contributed by atoms with Gasteiger partial charge in [0.05, 0.1) is 0 Å². The molecule has 1 rings (SSSR count). The van der Waals surface area contributed by atoms with Crippen molar-refractivity contribution in [3.05, 3.63) is 34.3 Å². The minimum absolute atomic E-state index is 0.169. The third kappa shape index (κ3) is 3.27. The molecule has 0 saturated carbocycles. The highest BCUT2D eigenvalue weighted by Gasteiger charge is 2.12. The Balaban J connectivity index is 2.64. The van der Waals surface area contributed by atoms with Crippen LogP contribution >= 0.6 is 15.9 Å². The van der Waals surface area contributed by atoms with Crippen molar-refractivity contribution in [1.82, 2.24) is 0 Å². The second-order valence-electron chi connectivity index (χ2n) is 2.91. The molecule has 3 heteroatoms. The zero-order valence-electron chi connectivity index (χ0n) is 7.26. The quantitative estimate of drug-likeness (QED) is 0.800. The molecule has 70 valence electrons. The van der Waals surface area contributed by atoms with Crippen LogP contribution in [-0.2, 0) is 11.2 Å². The van der Waals surface area contributed by atoms with Gasteiger partial charge in [-0.3, -0.25) is 4.79 Å². The zero-order valence-corrected chi connectivity index (χ0v) is 8.84. The molecule has 13 heavy (non-hydrogen) atoms. The molecule has 0 aliphatic heterocycles. The molecule has 0 heterocycles. The van der Waals surface area contributed by atoms with Gasteiger partial charge in [-0.15, -0.1) is 0 Å². The van der Waals surface area contributed by atoms with Gasteiger partial charge in [0.25, 0.3) is 0 Å². The molecule has 0 radical (unpaired) electrons. The summed E-state index contributed by atoms with van der Waals surface area (Å²) >= 11 is 3.28. The summed E-state index contributed by atoms with van der Waals surface area (Å²) in [6, 6.07) is 7.28. The van der Waals surface area contributed by atoms with E-state index in [1.807, 2.05) is 12.1 Å². The third-order valence-corrected chi connectivity index (χ3v) is 2.30. The number of hydrogen-bond donors (Lipinski definition) is 0. The van der Waals surface area contributed by atoms with Gasteiger partial charge >= 0.3 is 0 Å². The normalized spacial score (nSPS) is 12.5. The lowest BCUT2D eigenvalue weighted by Crippen LogP contribution is -2.14. The van der Waals surface area contributed by atoms with Crippen LogP contribution in [0.15, 0.2) is 28.7 Å². The molecular weight excluding hydrogens is 235 g/mol. The topological polar surface area (TPSA) is 17.1 Å². The van der Waals surface area contributed by atoms with Crippen molar-refractivity contribution >= 4 is 21.7 Å². The summed E-state index contributed by atoms with van der Waals surface area (Å²) < 4.78 is 13.9. The number of carbonyl (C=O) groups is 1.